The number of hydrogen-bond donors (Lipinski definition) is 1. The van der Waals surface area contributed by atoms with Crippen LogP contribution in [0.3, 0.4) is 0 Å². The minimum atomic E-state index is 0.233. The summed E-state index contributed by atoms with van der Waals surface area (Å²) in [4.78, 5) is 12.4. The molecular weight excluding hydrogens is 246 g/mol. The first-order valence-electron chi connectivity index (χ1n) is 8.17. The first-order chi connectivity index (χ1) is 9.83. The van der Waals surface area contributed by atoms with E-state index in [9.17, 15) is 4.79 Å². The number of benzene rings is 1. The second kappa shape index (κ2) is 6.53. The van der Waals surface area contributed by atoms with Crippen LogP contribution in [0.1, 0.15) is 54.4 Å². The number of ketones is 1. The lowest BCUT2D eigenvalue weighted by molar-refractivity contribution is 0.0895. The maximum absolute atomic E-state index is 12.4. The summed E-state index contributed by atoms with van der Waals surface area (Å²) in [5.41, 5.74) is 2.31. The van der Waals surface area contributed by atoms with Crippen LogP contribution >= 0.6 is 0 Å². The largest absolute Gasteiger partial charge is 0.317 e. The van der Waals surface area contributed by atoms with Gasteiger partial charge in [0.2, 0.25) is 0 Å². The Morgan fingerprint density at radius 3 is 2.30 bits per heavy atom. The highest BCUT2D eigenvalue weighted by Gasteiger charge is 2.22. The van der Waals surface area contributed by atoms with Gasteiger partial charge in [-0.2, -0.15) is 0 Å². The number of nitrogens with one attached hydrogen (secondary N) is 1. The van der Waals surface area contributed by atoms with Crippen LogP contribution in [0, 0.1) is 11.8 Å². The van der Waals surface area contributed by atoms with E-state index < -0.39 is 0 Å². The Bertz CT molecular complexity index is 439. The molecule has 1 saturated heterocycles. The van der Waals surface area contributed by atoms with Gasteiger partial charge < -0.3 is 5.32 Å². The quantitative estimate of drug-likeness (QED) is 0.848. The lowest BCUT2D eigenvalue weighted by Crippen LogP contribution is -2.31. The van der Waals surface area contributed by atoms with E-state index in [2.05, 4.69) is 29.6 Å². The molecule has 1 aromatic rings. The van der Waals surface area contributed by atoms with Gasteiger partial charge in [0, 0.05) is 11.5 Å². The highest BCUT2D eigenvalue weighted by atomic mass is 16.1. The Morgan fingerprint density at radius 1 is 1.00 bits per heavy atom. The van der Waals surface area contributed by atoms with E-state index in [1.165, 1.54) is 37.7 Å². The molecule has 2 nitrogen and oxygen atoms in total. The summed E-state index contributed by atoms with van der Waals surface area (Å²) in [7, 11) is 0. The normalized spacial score (nSPS) is 21.2. The van der Waals surface area contributed by atoms with Crippen molar-refractivity contribution in [3.05, 3.63) is 35.4 Å². The van der Waals surface area contributed by atoms with E-state index in [1.807, 2.05) is 0 Å². The highest BCUT2D eigenvalue weighted by molar-refractivity contribution is 5.97. The van der Waals surface area contributed by atoms with Crippen molar-refractivity contribution in [2.24, 2.45) is 11.8 Å². The van der Waals surface area contributed by atoms with Crippen molar-refractivity contribution in [2.75, 3.05) is 13.1 Å². The number of carbonyl (C=O) groups excluding carboxylic acids is 1. The van der Waals surface area contributed by atoms with Crippen LogP contribution in [-0.2, 0) is 6.42 Å². The Labute approximate surface area is 122 Å². The van der Waals surface area contributed by atoms with Gasteiger partial charge in [-0.15, -0.1) is 0 Å². The van der Waals surface area contributed by atoms with Crippen LogP contribution in [-0.4, -0.2) is 18.9 Å². The first kappa shape index (κ1) is 13.8. The fourth-order valence-electron chi connectivity index (χ4n) is 3.67. The SMILES string of the molecule is O=C(c1ccc(CC2CCCC2)cc1)C1CCNCC1. The van der Waals surface area contributed by atoms with E-state index in [-0.39, 0.29) is 5.92 Å². The molecule has 1 aromatic carbocycles. The fourth-order valence-corrected chi connectivity index (χ4v) is 3.67. The van der Waals surface area contributed by atoms with E-state index in [1.54, 1.807) is 0 Å². The Kier molecular flexibility index (Phi) is 4.51. The fraction of sp³-hybridized carbons (Fsp3) is 0.611. The zero-order valence-corrected chi connectivity index (χ0v) is 12.2. The molecule has 108 valence electrons. The van der Waals surface area contributed by atoms with Crippen LogP contribution in [0.2, 0.25) is 0 Å². The molecule has 0 aromatic heterocycles. The van der Waals surface area contributed by atoms with E-state index in [0.717, 1.165) is 37.4 Å². The third-order valence-corrected chi connectivity index (χ3v) is 4.95. The summed E-state index contributed by atoms with van der Waals surface area (Å²) in [5, 5.41) is 3.32. The molecule has 2 aliphatic rings. The maximum atomic E-state index is 12.4. The van der Waals surface area contributed by atoms with Crippen molar-refractivity contribution in [2.45, 2.75) is 44.9 Å². The standard InChI is InChI=1S/C18H25NO/c20-18(17-9-11-19-12-10-17)16-7-5-15(6-8-16)13-14-3-1-2-4-14/h5-8,14,17,19H,1-4,9-13H2. The van der Waals surface area contributed by atoms with E-state index in [0.29, 0.717) is 5.78 Å². The Morgan fingerprint density at radius 2 is 1.65 bits per heavy atom. The number of carbonyl (C=O) groups is 1. The molecule has 0 atom stereocenters. The molecule has 20 heavy (non-hydrogen) atoms. The van der Waals surface area contributed by atoms with Crippen LogP contribution in [0.4, 0.5) is 0 Å². The molecular formula is C18H25NO. The van der Waals surface area contributed by atoms with Gasteiger partial charge in [-0.1, -0.05) is 49.9 Å². The van der Waals surface area contributed by atoms with Gasteiger partial charge in [0.25, 0.3) is 0 Å². The molecule has 0 spiro atoms. The van der Waals surface area contributed by atoms with Crippen molar-refractivity contribution in [1.82, 2.24) is 5.32 Å². The minimum Gasteiger partial charge on any atom is -0.317 e. The van der Waals surface area contributed by atoms with Crippen LogP contribution in [0.5, 0.6) is 0 Å². The van der Waals surface area contributed by atoms with Gasteiger partial charge in [-0.25, -0.2) is 0 Å². The molecule has 2 heteroatoms. The molecule has 3 rings (SSSR count). The lowest BCUT2D eigenvalue weighted by Gasteiger charge is -2.21. The Hall–Kier alpha value is -1.15. The van der Waals surface area contributed by atoms with Crippen molar-refractivity contribution >= 4 is 5.78 Å². The summed E-state index contributed by atoms with van der Waals surface area (Å²) in [6, 6.07) is 8.45. The van der Waals surface area contributed by atoms with Gasteiger partial charge in [0.15, 0.2) is 5.78 Å². The number of Topliss-reactive ketones (excluding diaryl/α,β-unsaturated/α-hetero) is 1. The average molecular weight is 271 g/mol. The second-order valence-corrected chi connectivity index (χ2v) is 6.44. The lowest BCUT2D eigenvalue weighted by atomic mass is 9.89. The molecule has 1 heterocycles. The van der Waals surface area contributed by atoms with Gasteiger partial charge in [0.1, 0.15) is 0 Å². The molecule has 2 fully saturated rings. The maximum Gasteiger partial charge on any atom is 0.166 e. The highest BCUT2D eigenvalue weighted by Crippen LogP contribution is 2.28. The van der Waals surface area contributed by atoms with Crippen molar-refractivity contribution in [1.29, 1.82) is 0 Å². The van der Waals surface area contributed by atoms with Crippen LogP contribution in [0.25, 0.3) is 0 Å². The minimum absolute atomic E-state index is 0.233. The first-order valence-corrected chi connectivity index (χ1v) is 8.17. The predicted octanol–water partition coefficient (Wildman–Crippen LogP) is 3.60. The average Bonchev–Trinajstić information content (AvgIpc) is 3.01. The molecule has 1 aliphatic carbocycles. The van der Waals surface area contributed by atoms with Crippen molar-refractivity contribution in [3.63, 3.8) is 0 Å². The number of rotatable bonds is 4. The third-order valence-electron chi connectivity index (χ3n) is 4.95. The number of piperidine rings is 1. The topological polar surface area (TPSA) is 29.1 Å². The molecule has 1 N–H and O–H groups in total. The van der Waals surface area contributed by atoms with E-state index >= 15 is 0 Å². The smallest absolute Gasteiger partial charge is 0.166 e. The second-order valence-electron chi connectivity index (χ2n) is 6.44. The molecule has 0 radical (unpaired) electrons. The van der Waals surface area contributed by atoms with Gasteiger partial charge >= 0.3 is 0 Å². The molecule has 0 amide bonds. The zero-order chi connectivity index (χ0) is 13.8. The molecule has 0 unspecified atom stereocenters. The summed E-state index contributed by atoms with van der Waals surface area (Å²) in [5.74, 6) is 1.46. The summed E-state index contributed by atoms with van der Waals surface area (Å²) in [6.45, 7) is 1.96. The summed E-state index contributed by atoms with van der Waals surface area (Å²) in [6.07, 6.45) is 8.74. The van der Waals surface area contributed by atoms with Gasteiger partial charge in [-0.05, 0) is 43.8 Å². The zero-order valence-electron chi connectivity index (χ0n) is 12.2. The van der Waals surface area contributed by atoms with Crippen molar-refractivity contribution < 1.29 is 4.79 Å². The number of hydrogen-bond acceptors (Lipinski definition) is 2. The molecule has 0 bridgehead atoms. The predicted molar refractivity (Wildman–Crippen MR) is 82.0 cm³/mol. The van der Waals surface area contributed by atoms with E-state index in [4.69, 9.17) is 0 Å². The summed E-state index contributed by atoms with van der Waals surface area (Å²) >= 11 is 0. The summed E-state index contributed by atoms with van der Waals surface area (Å²) < 4.78 is 0. The van der Waals surface area contributed by atoms with Gasteiger partial charge in [-0.3, -0.25) is 4.79 Å². The molecule has 1 aliphatic heterocycles. The Balaban J connectivity index is 1.61. The van der Waals surface area contributed by atoms with Crippen molar-refractivity contribution in [3.8, 4) is 0 Å². The third kappa shape index (κ3) is 3.29. The van der Waals surface area contributed by atoms with Crippen LogP contribution in [0.15, 0.2) is 24.3 Å². The molecule has 1 saturated carbocycles. The van der Waals surface area contributed by atoms with Crippen LogP contribution < -0.4 is 5.32 Å². The monoisotopic (exact) mass is 271 g/mol. The van der Waals surface area contributed by atoms with Gasteiger partial charge in [0.05, 0.1) is 0 Å².